The van der Waals surface area contributed by atoms with Crippen molar-refractivity contribution in [1.29, 1.82) is 0 Å². The summed E-state index contributed by atoms with van der Waals surface area (Å²) in [5.74, 6) is -0.854. The molecule has 16 heavy (non-hydrogen) atoms. The zero-order chi connectivity index (χ0) is 12.3. The van der Waals surface area contributed by atoms with Gasteiger partial charge in [-0.3, -0.25) is 9.00 Å². The number of benzene rings is 1. The second-order valence-electron chi connectivity index (χ2n) is 3.66. The number of aliphatic hydroxyl groups is 1. The van der Waals surface area contributed by atoms with E-state index in [1.807, 2.05) is 19.1 Å². The maximum atomic E-state index is 11.9. The molecule has 0 spiro atoms. The molecule has 3 N–H and O–H groups in total. The Morgan fingerprint density at radius 1 is 1.38 bits per heavy atom. The summed E-state index contributed by atoms with van der Waals surface area (Å²) in [6, 6.07) is 7.10. The van der Waals surface area contributed by atoms with Gasteiger partial charge < -0.3 is 10.8 Å². The minimum absolute atomic E-state index is 0.582. The van der Waals surface area contributed by atoms with E-state index in [1.54, 1.807) is 12.1 Å². The maximum absolute atomic E-state index is 11.9. The second kappa shape index (κ2) is 5.23. The van der Waals surface area contributed by atoms with Crippen molar-refractivity contribution in [1.82, 2.24) is 0 Å². The predicted molar refractivity (Wildman–Crippen MR) is 62.3 cm³/mol. The zero-order valence-electron chi connectivity index (χ0n) is 9.21. The lowest BCUT2D eigenvalue weighted by Crippen LogP contribution is -2.39. The van der Waals surface area contributed by atoms with Crippen molar-refractivity contribution in [2.24, 2.45) is 5.73 Å². The van der Waals surface area contributed by atoms with E-state index < -0.39 is 28.1 Å². The van der Waals surface area contributed by atoms with Crippen molar-refractivity contribution in [2.45, 2.75) is 30.1 Å². The molecule has 0 fully saturated rings. The molecule has 5 heteroatoms. The number of hydrogen-bond donors (Lipinski definition) is 2. The van der Waals surface area contributed by atoms with Crippen LogP contribution in [-0.2, 0) is 15.6 Å². The first kappa shape index (κ1) is 12.9. The lowest BCUT2D eigenvalue weighted by atomic mass is 10.2. The largest absolute Gasteiger partial charge is 0.382 e. The Hall–Kier alpha value is -1.20. The highest BCUT2D eigenvalue weighted by molar-refractivity contribution is 7.85. The molecule has 0 saturated carbocycles. The maximum Gasteiger partial charge on any atom is 0.247 e. The van der Waals surface area contributed by atoms with Gasteiger partial charge in [0.2, 0.25) is 5.91 Å². The first-order chi connectivity index (χ1) is 7.43. The first-order valence-corrected chi connectivity index (χ1v) is 6.09. The van der Waals surface area contributed by atoms with Gasteiger partial charge in [0.05, 0.1) is 16.0 Å². The molecule has 0 aromatic heterocycles. The average Bonchev–Trinajstić information content (AvgIpc) is 2.27. The van der Waals surface area contributed by atoms with E-state index in [0.29, 0.717) is 4.90 Å². The summed E-state index contributed by atoms with van der Waals surface area (Å²) in [4.78, 5) is 11.4. The van der Waals surface area contributed by atoms with Gasteiger partial charge in [0, 0.05) is 4.90 Å². The second-order valence-corrected chi connectivity index (χ2v) is 5.47. The number of primary amides is 1. The average molecular weight is 241 g/mol. The van der Waals surface area contributed by atoms with Crippen LogP contribution in [0.4, 0.5) is 0 Å². The lowest BCUT2D eigenvalue weighted by molar-refractivity contribution is -0.125. The summed E-state index contributed by atoms with van der Waals surface area (Å²) >= 11 is 0. The van der Waals surface area contributed by atoms with E-state index in [2.05, 4.69) is 0 Å². The molecule has 4 nitrogen and oxygen atoms in total. The number of carbonyl (C=O) groups is 1. The normalized spacial score (nSPS) is 16.4. The van der Waals surface area contributed by atoms with Gasteiger partial charge in [-0.2, -0.15) is 0 Å². The van der Waals surface area contributed by atoms with Crippen molar-refractivity contribution in [2.75, 3.05) is 0 Å². The Kier molecular flexibility index (Phi) is 4.20. The van der Waals surface area contributed by atoms with Crippen LogP contribution in [0.1, 0.15) is 12.5 Å². The summed E-state index contributed by atoms with van der Waals surface area (Å²) < 4.78 is 11.9. The molecule has 0 bridgehead atoms. The molecule has 1 aromatic carbocycles. The molecule has 3 atom stereocenters. The smallest absolute Gasteiger partial charge is 0.247 e. The van der Waals surface area contributed by atoms with Crippen LogP contribution in [0.25, 0.3) is 0 Å². The molecule has 0 saturated heterocycles. The Labute approximate surface area is 96.9 Å². The van der Waals surface area contributed by atoms with Gasteiger partial charge in [-0.15, -0.1) is 0 Å². The SMILES string of the molecule is Cc1ccc([S@](=O)[C@H](C)[C@@H](O)C(N)=O)cc1. The van der Waals surface area contributed by atoms with E-state index in [-0.39, 0.29) is 0 Å². The molecule has 0 unspecified atom stereocenters. The molecule has 1 rings (SSSR count). The van der Waals surface area contributed by atoms with E-state index in [1.165, 1.54) is 6.92 Å². The number of amides is 1. The molecular weight excluding hydrogens is 226 g/mol. The minimum Gasteiger partial charge on any atom is -0.382 e. The van der Waals surface area contributed by atoms with Gasteiger partial charge in [-0.25, -0.2) is 0 Å². The van der Waals surface area contributed by atoms with Gasteiger partial charge in [0.25, 0.3) is 0 Å². The van der Waals surface area contributed by atoms with Crippen LogP contribution in [0.15, 0.2) is 29.2 Å². The van der Waals surface area contributed by atoms with Crippen molar-refractivity contribution >= 4 is 16.7 Å². The molecule has 0 heterocycles. The van der Waals surface area contributed by atoms with Crippen LogP contribution in [0.5, 0.6) is 0 Å². The standard InChI is InChI=1S/C11H15NO3S/c1-7-3-5-9(6-4-7)16(15)8(2)10(13)11(12)14/h3-6,8,10,13H,1-2H3,(H2,12,14)/t8-,10-,16-/m1/s1. The van der Waals surface area contributed by atoms with Gasteiger partial charge in [0.1, 0.15) is 6.10 Å². The number of rotatable bonds is 4. The van der Waals surface area contributed by atoms with Crippen LogP contribution in [0, 0.1) is 6.92 Å². The minimum atomic E-state index is -1.44. The Bertz CT molecular complexity index is 402. The third kappa shape index (κ3) is 2.90. The fraction of sp³-hybridized carbons (Fsp3) is 0.364. The number of carbonyl (C=O) groups excluding carboxylic acids is 1. The summed E-state index contributed by atoms with van der Waals surface area (Å²) in [7, 11) is -1.44. The lowest BCUT2D eigenvalue weighted by Gasteiger charge is -2.15. The molecule has 1 amide bonds. The number of aliphatic hydroxyl groups excluding tert-OH is 1. The summed E-state index contributed by atoms with van der Waals surface area (Å²) in [6.45, 7) is 3.46. The third-order valence-corrected chi connectivity index (χ3v) is 4.00. The molecule has 1 aromatic rings. The quantitative estimate of drug-likeness (QED) is 0.797. The zero-order valence-corrected chi connectivity index (χ0v) is 10.0. The van der Waals surface area contributed by atoms with Crippen LogP contribution >= 0.6 is 0 Å². The Morgan fingerprint density at radius 2 is 1.88 bits per heavy atom. The van der Waals surface area contributed by atoms with Gasteiger partial charge in [-0.05, 0) is 26.0 Å². The van der Waals surface area contributed by atoms with Gasteiger partial charge in [-0.1, -0.05) is 17.7 Å². The molecular formula is C11H15NO3S. The number of nitrogens with two attached hydrogens (primary N) is 1. The van der Waals surface area contributed by atoms with E-state index in [9.17, 15) is 14.1 Å². The summed E-state index contributed by atoms with van der Waals surface area (Å²) in [5.41, 5.74) is 6.01. The van der Waals surface area contributed by atoms with Crippen molar-refractivity contribution in [3.8, 4) is 0 Å². The monoisotopic (exact) mass is 241 g/mol. The molecule has 0 aliphatic rings. The highest BCUT2D eigenvalue weighted by Crippen LogP contribution is 2.14. The fourth-order valence-electron chi connectivity index (χ4n) is 1.24. The van der Waals surface area contributed by atoms with Crippen molar-refractivity contribution < 1.29 is 14.1 Å². The highest BCUT2D eigenvalue weighted by Gasteiger charge is 2.25. The van der Waals surface area contributed by atoms with Crippen LogP contribution in [0.3, 0.4) is 0 Å². The van der Waals surface area contributed by atoms with E-state index in [4.69, 9.17) is 5.73 Å². The molecule has 0 radical (unpaired) electrons. The predicted octanol–water partition coefficient (Wildman–Crippen LogP) is 0.337. The topological polar surface area (TPSA) is 80.4 Å². The van der Waals surface area contributed by atoms with Gasteiger partial charge >= 0.3 is 0 Å². The molecule has 0 aliphatic heterocycles. The Balaban J connectivity index is 2.86. The van der Waals surface area contributed by atoms with Crippen molar-refractivity contribution in [3.05, 3.63) is 29.8 Å². The number of hydrogen-bond acceptors (Lipinski definition) is 3. The Morgan fingerprint density at radius 3 is 2.31 bits per heavy atom. The fourth-order valence-corrected chi connectivity index (χ4v) is 2.44. The van der Waals surface area contributed by atoms with E-state index in [0.717, 1.165) is 5.56 Å². The first-order valence-electron chi connectivity index (χ1n) is 4.88. The third-order valence-electron chi connectivity index (χ3n) is 2.33. The van der Waals surface area contributed by atoms with Crippen LogP contribution in [0.2, 0.25) is 0 Å². The summed E-state index contributed by atoms with van der Waals surface area (Å²) in [5, 5.41) is 8.71. The summed E-state index contributed by atoms with van der Waals surface area (Å²) in [6.07, 6.45) is -1.39. The number of aryl methyl sites for hydroxylation is 1. The highest BCUT2D eigenvalue weighted by atomic mass is 32.2. The van der Waals surface area contributed by atoms with Gasteiger partial charge in [0.15, 0.2) is 0 Å². The van der Waals surface area contributed by atoms with Crippen LogP contribution < -0.4 is 5.73 Å². The molecule has 88 valence electrons. The molecule has 0 aliphatic carbocycles. The van der Waals surface area contributed by atoms with E-state index >= 15 is 0 Å². The van der Waals surface area contributed by atoms with Crippen molar-refractivity contribution in [3.63, 3.8) is 0 Å². The van der Waals surface area contributed by atoms with Crippen LogP contribution in [-0.4, -0.2) is 26.6 Å².